The highest BCUT2D eigenvalue weighted by molar-refractivity contribution is 5.87. The topological polar surface area (TPSA) is 118 Å². The lowest BCUT2D eigenvalue weighted by molar-refractivity contribution is -0.142. The smallest absolute Gasteiger partial charge is 0.329 e. The van der Waals surface area contributed by atoms with Crippen LogP contribution in [0.1, 0.15) is 0 Å². The van der Waals surface area contributed by atoms with Crippen molar-refractivity contribution in [2.24, 2.45) is 7.05 Å². The van der Waals surface area contributed by atoms with E-state index in [0.29, 0.717) is 5.95 Å². The van der Waals surface area contributed by atoms with Gasteiger partial charge in [-0.25, -0.2) is 14.3 Å². The molecule has 0 aliphatic heterocycles. The van der Waals surface area contributed by atoms with Gasteiger partial charge < -0.3 is 15.2 Å². The molecule has 94 valence electrons. The molecule has 1 rings (SSSR count). The Morgan fingerprint density at radius 3 is 2.94 bits per heavy atom. The number of nitrogens with zero attached hydrogens (tertiary/aromatic N) is 3. The highest BCUT2D eigenvalue weighted by Crippen LogP contribution is 1.96. The van der Waals surface area contributed by atoms with Gasteiger partial charge in [-0.05, 0) is 0 Å². The second-order valence-electron chi connectivity index (χ2n) is 3.03. The molecule has 9 nitrogen and oxygen atoms in total. The number of urea groups is 1. The zero-order valence-electron chi connectivity index (χ0n) is 9.21. The van der Waals surface area contributed by atoms with Crippen molar-refractivity contribution in [1.82, 2.24) is 20.1 Å². The Labute approximate surface area is 96.8 Å². The van der Waals surface area contributed by atoms with Crippen molar-refractivity contribution in [1.29, 1.82) is 0 Å². The van der Waals surface area contributed by atoms with Crippen LogP contribution in [0.15, 0.2) is 6.33 Å². The van der Waals surface area contributed by atoms with Crippen LogP contribution in [0.2, 0.25) is 0 Å². The summed E-state index contributed by atoms with van der Waals surface area (Å²) >= 11 is 0. The van der Waals surface area contributed by atoms with Gasteiger partial charge in [-0.2, -0.15) is 10.1 Å². The average Bonchev–Trinajstić information content (AvgIpc) is 2.63. The maximum Gasteiger partial charge on any atom is 0.329 e. The molecule has 3 N–H and O–H groups in total. The third-order valence-corrected chi connectivity index (χ3v) is 1.69. The van der Waals surface area contributed by atoms with E-state index in [-0.39, 0.29) is 19.8 Å². The van der Waals surface area contributed by atoms with E-state index in [1.54, 1.807) is 7.05 Å². The molecule has 2 amide bonds. The minimum atomic E-state index is -1.05. The molecule has 0 saturated carbocycles. The summed E-state index contributed by atoms with van der Waals surface area (Å²) in [5.41, 5.74) is 0. The van der Waals surface area contributed by atoms with E-state index in [4.69, 9.17) is 9.84 Å². The van der Waals surface area contributed by atoms with E-state index in [0.717, 1.165) is 0 Å². The molecule has 0 aliphatic carbocycles. The summed E-state index contributed by atoms with van der Waals surface area (Å²) in [5, 5.41) is 17.0. The van der Waals surface area contributed by atoms with E-state index >= 15 is 0 Å². The van der Waals surface area contributed by atoms with Gasteiger partial charge in [0.2, 0.25) is 5.95 Å². The van der Waals surface area contributed by atoms with Crippen molar-refractivity contribution in [3.63, 3.8) is 0 Å². The Hall–Kier alpha value is -2.16. The molecule has 0 aliphatic rings. The second-order valence-corrected chi connectivity index (χ2v) is 3.03. The maximum absolute atomic E-state index is 11.3. The molecule has 9 heteroatoms. The molecule has 0 aromatic carbocycles. The van der Waals surface area contributed by atoms with Gasteiger partial charge >= 0.3 is 12.0 Å². The van der Waals surface area contributed by atoms with Crippen LogP contribution in [0, 0.1) is 0 Å². The van der Waals surface area contributed by atoms with Crippen LogP contribution in [0.4, 0.5) is 10.7 Å². The number of carboxylic acids is 1. The van der Waals surface area contributed by atoms with Crippen molar-refractivity contribution in [3.8, 4) is 0 Å². The van der Waals surface area contributed by atoms with Crippen LogP contribution >= 0.6 is 0 Å². The molecule has 1 aromatic heterocycles. The van der Waals surface area contributed by atoms with Gasteiger partial charge in [0.05, 0.1) is 6.61 Å². The number of hydrogen-bond acceptors (Lipinski definition) is 5. The molecule has 0 radical (unpaired) electrons. The molecule has 0 atom stereocenters. The van der Waals surface area contributed by atoms with Crippen LogP contribution in [0.25, 0.3) is 0 Å². The number of carbonyl (C=O) groups is 2. The summed E-state index contributed by atoms with van der Waals surface area (Å²) in [6, 6.07) is -0.458. The number of amides is 2. The Kier molecular flexibility index (Phi) is 4.88. The molecule has 1 aromatic rings. The highest BCUT2D eigenvalue weighted by atomic mass is 16.5. The number of carboxylic acid groups (broad SMARTS) is 1. The Morgan fingerprint density at radius 1 is 1.59 bits per heavy atom. The van der Waals surface area contributed by atoms with Crippen molar-refractivity contribution < 1.29 is 19.4 Å². The standard InChI is InChI=1S/C8H13N5O4/c1-13-7(10-5-11-13)12-8(16)9-2-3-17-4-6(14)15/h5H,2-4H2,1H3,(H,14,15)(H2,9,10,11,12,16). The van der Waals surface area contributed by atoms with Gasteiger partial charge in [0.1, 0.15) is 12.9 Å². The van der Waals surface area contributed by atoms with E-state index in [1.807, 2.05) is 0 Å². The van der Waals surface area contributed by atoms with Crippen molar-refractivity contribution in [2.75, 3.05) is 25.1 Å². The van der Waals surface area contributed by atoms with Crippen LogP contribution in [0.5, 0.6) is 0 Å². The molecule has 0 unspecified atom stereocenters. The maximum atomic E-state index is 11.3. The Bertz CT molecular complexity index is 391. The number of ether oxygens (including phenoxy) is 1. The lowest BCUT2D eigenvalue weighted by Gasteiger charge is -2.06. The zero-order chi connectivity index (χ0) is 12.7. The molecule has 0 saturated heterocycles. The normalized spacial score (nSPS) is 9.94. The summed E-state index contributed by atoms with van der Waals surface area (Å²) < 4.78 is 6.13. The van der Waals surface area contributed by atoms with Crippen LogP contribution in [0.3, 0.4) is 0 Å². The first-order valence-electron chi connectivity index (χ1n) is 4.78. The summed E-state index contributed by atoms with van der Waals surface area (Å²) in [6.45, 7) is -0.0535. The first-order chi connectivity index (χ1) is 8.09. The fourth-order valence-electron chi connectivity index (χ4n) is 0.951. The van der Waals surface area contributed by atoms with Gasteiger partial charge in [0.15, 0.2) is 0 Å². The van der Waals surface area contributed by atoms with Gasteiger partial charge in [-0.15, -0.1) is 0 Å². The van der Waals surface area contributed by atoms with Crippen molar-refractivity contribution in [3.05, 3.63) is 6.33 Å². The van der Waals surface area contributed by atoms with Crippen LogP contribution in [-0.2, 0) is 16.6 Å². The van der Waals surface area contributed by atoms with E-state index in [2.05, 4.69) is 20.7 Å². The number of aromatic nitrogens is 3. The molecular formula is C8H13N5O4. The molecule has 17 heavy (non-hydrogen) atoms. The Morgan fingerprint density at radius 2 is 2.35 bits per heavy atom. The number of nitrogens with one attached hydrogen (secondary N) is 2. The van der Waals surface area contributed by atoms with Crippen molar-refractivity contribution >= 4 is 17.9 Å². The lowest BCUT2D eigenvalue weighted by atomic mass is 10.6. The fourth-order valence-corrected chi connectivity index (χ4v) is 0.951. The average molecular weight is 243 g/mol. The molecule has 1 heterocycles. The van der Waals surface area contributed by atoms with Crippen LogP contribution < -0.4 is 10.6 Å². The lowest BCUT2D eigenvalue weighted by Crippen LogP contribution is -2.32. The fraction of sp³-hybridized carbons (Fsp3) is 0.500. The summed E-state index contributed by atoms with van der Waals surface area (Å²) in [7, 11) is 1.64. The Balaban J connectivity index is 2.14. The zero-order valence-corrected chi connectivity index (χ0v) is 9.21. The van der Waals surface area contributed by atoms with Crippen molar-refractivity contribution in [2.45, 2.75) is 0 Å². The third kappa shape index (κ3) is 4.93. The first-order valence-corrected chi connectivity index (χ1v) is 4.78. The second kappa shape index (κ2) is 6.43. The minimum absolute atomic E-state index is 0.124. The van der Waals surface area contributed by atoms with E-state index < -0.39 is 12.0 Å². The van der Waals surface area contributed by atoms with E-state index in [9.17, 15) is 9.59 Å². The third-order valence-electron chi connectivity index (χ3n) is 1.69. The number of aliphatic carboxylic acids is 1. The minimum Gasteiger partial charge on any atom is -0.480 e. The SMILES string of the molecule is Cn1ncnc1NC(=O)NCCOCC(=O)O. The molecule has 0 spiro atoms. The number of aryl methyl sites for hydroxylation is 1. The highest BCUT2D eigenvalue weighted by Gasteiger charge is 2.05. The molecule has 0 bridgehead atoms. The number of hydrogen-bond donors (Lipinski definition) is 3. The van der Waals surface area contributed by atoms with E-state index in [1.165, 1.54) is 11.0 Å². The van der Waals surface area contributed by atoms with Gasteiger partial charge in [0, 0.05) is 13.6 Å². The summed E-state index contributed by atoms with van der Waals surface area (Å²) in [5.74, 6) is -0.734. The summed E-state index contributed by atoms with van der Waals surface area (Å²) in [4.78, 5) is 25.2. The first kappa shape index (κ1) is 12.9. The number of rotatable bonds is 6. The summed E-state index contributed by atoms with van der Waals surface area (Å²) in [6.07, 6.45) is 1.31. The predicted molar refractivity (Wildman–Crippen MR) is 56.5 cm³/mol. The van der Waals surface area contributed by atoms with Gasteiger partial charge in [-0.1, -0.05) is 0 Å². The van der Waals surface area contributed by atoms with Crippen LogP contribution in [-0.4, -0.2) is 51.6 Å². The molecular weight excluding hydrogens is 230 g/mol. The van der Waals surface area contributed by atoms with Gasteiger partial charge in [-0.3, -0.25) is 5.32 Å². The predicted octanol–water partition coefficient (Wildman–Crippen LogP) is -0.962. The van der Waals surface area contributed by atoms with Gasteiger partial charge in [0.25, 0.3) is 0 Å². The quantitative estimate of drug-likeness (QED) is 0.553. The monoisotopic (exact) mass is 243 g/mol. The number of carbonyl (C=O) groups excluding carboxylic acids is 1. The molecule has 0 fully saturated rings. The largest absolute Gasteiger partial charge is 0.480 e. The number of anilines is 1.